The van der Waals surface area contributed by atoms with Crippen molar-refractivity contribution >= 4 is 11.8 Å². The maximum atomic E-state index is 13.4. The molecule has 2 heterocycles. The van der Waals surface area contributed by atoms with Gasteiger partial charge in [0.15, 0.2) is 0 Å². The molecule has 126 valence electrons. The average molecular weight is 324 g/mol. The van der Waals surface area contributed by atoms with E-state index in [4.69, 9.17) is 0 Å². The van der Waals surface area contributed by atoms with E-state index >= 15 is 0 Å². The monoisotopic (exact) mass is 324 g/mol. The minimum Gasteiger partial charge on any atom is -0.339 e. The van der Waals surface area contributed by atoms with Gasteiger partial charge < -0.3 is 9.80 Å². The van der Waals surface area contributed by atoms with Gasteiger partial charge in [-0.3, -0.25) is 9.59 Å². The molecule has 24 heavy (non-hydrogen) atoms. The maximum Gasteiger partial charge on any atom is 0.245 e. The highest BCUT2D eigenvalue weighted by molar-refractivity contribution is 5.90. The van der Waals surface area contributed by atoms with Gasteiger partial charge in [0.1, 0.15) is 0 Å². The van der Waals surface area contributed by atoms with Crippen LogP contribution in [0.3, 0.4) is 0 Å². The van der Waals surface area contributed by atoms with Crippen LogP contribution in [0, 0.1) is 0 Å². The Labute approximate surface area is 143 Å². The van der Waals surface area contributed by atoms with Crippen LogP contribution < -0.4 is 0 Å². The second-order valence-electron chi connectivity index (χ2n) is 6.49. The van der Waals surface area contributed by atoms with Gasteiger partial charge in [-0.1, -0.05) is 49.1 Å². The summed E-state index contributed by atoms with van der Waals surface area (Å²) in [7, 11) is 0. The van der Waals surface area contributed by atoms with Crippen molar-refractivity contribution in [2.45, 2.75) is 24.7 Å². The summed E-state index contributed by atoms with van der Waals surface area (Å²) in [5, 5.41) is 0. The van der Waals surface area contributed by atoms with Gasteiger partial charge in [0.25, 0.3) is 0 Å². The quantitative estimate of drug-likeness (QED) is 0.633. The summed E-state index contributed by atoms with van der Waals surface area (Å²) in [4.78, 5) is 29.0. The molecule has 4 heteroatoms. The topological polar surface area (TPSA) is 40.6 Å². The van der Waals surface area contributed by atoms with Gasteiger partial charge in [-0.05, 0) is 30.9 Å². The molecule has 4 nitrogen and oxygen atoms in total. The molecule has 2 amide bonds. The normalized spacial score (nSPS) is 19.8. The number of piperidine rings is 1. The second-order valence-corrected chi connectivity index (χ2v) is 6.49. The third kappa shape index (κ3) is 3.01. The largest absolute Gasteiger partial charge is 0.339 e. The van der Waals surface area contributed by atoms with E-state index in [1.807, 2.05) is 35.2 Å². The van der Waals surface area contributed by atoms with Crippen LogP contribution in [-0.4, -0.2) is 47.8 Å². The van der Waals surface area contributed by atoms with Crippen molar-refractivity contribution in [2.24, 2.45) is 0 Å². The summed E-state index contributed by atoms with van der Waals surface area (Å²) in [5.41, 5.74) is 0.542. The van der Waals surface area contributed by atoms with Crippen LogP contribution in [0.4, 0.5) is 0 Å². The molecule has 1 aromatic carbocycles. The van der Waals surface area contributed by atoms with Crippen molar-refractivity contribution in [3.05, 3.63) is 60.7 Å². The maximum absolute atomic E-state index is 13.4. The molecule has 0 aromatic heterocycles. The van der Waals surface area contributed by atoms with Gasteiger partial charge in [-0.15, -0.1) is 0 Å². The summed E-state index contributed by atoms with van der Waals surface area (Å²) < 4.78 is 0. The number of carbonyl (C=O) groups is 2. The Kier molecular flexibility index (Phi) is 4.84. The lowest BCUT2D eigenvalue weighted by Gasteiger charge is -2.43. The Morgan fingerprint density at radius 1 is 1.00 bits per heavy atom. The third-order valence-electron chi connectivity index (χ3n) is 5.18. The fourth-order valence-electron chi connectivity index (χ4n) is 3.75. The van der Waals surface area contributed by atoms with E-state index in [-0.39, 0.29) is 11.8 Å². The Balaban J connectivity index is 1.89. The molecule has 1 aromatic rings. The zero-order chi connectivity index (χ0) is 17.0. The molecule has 0 saturated carbocycles. The molecule has 0 aliphatic carbocycles. The molecule has 0 unspecified atom stereocenters. The average Bonchev–Trinajstić information content (AvgIpc) is 2.68. The molecule has 1 saturated heterocycles. The lowest BCUT2D eigenvalue weighted by atomic mass is 9.71. The van der Waals surface area contributed by atoms with E-state index in [0.29, 0.717) is 32.5 Å². The van der Waals surface area contributed by atoms with Gasteiger partial charge in [0.05, 0.1) is 5.41 Å². The highest BCUT2D eigenvalue weighted by Crippen LogP contribution is 2.38. The van der Waals surface area contributed by atoms with Crippen LogP contribution in [0.25, 0.3) is 0 Å². The van der Waals surface area contributed by atoms with E-state index in [2.05, 4.69) is 18.7 Å². The molecule has 0 bridgehead atoms. The van der Waals surface area contributed by atoms with Gasteiger partial charge in [-0.2, -0.15) is 0 Å². The van der Waals surface area contributed by atoms with Crippen LogP contribution in [0.2, 0.25) is 0 Å². The van der Waals surface area contributed by atoms with Crippen molar-refractivity contribution < 1.29 is 9.59 Å². The standard InChI is InChI=1S/C20H24N2O2/c1-2-18(23)21-15-11-20(12-16-21,17-9-5-3-6-10-17)19(24)22-13-7-4-8-14-22/h2-7,9-10H,1,8,11-16H2. The Bertz CT molecular complexity index is 643. The molecule has 0 radical (unpaired) electrons. The fraction of sp³-hybridized carbons (Fsp3) is 0.400. The number of carbonyl (C=O) groups excluding carboxylic acids is 2. The minimum atomic E-state index is -0.523. The first-order valence-electron chi connectivity index (χ1n) is 8.58. The Morgan fingerprint density at radius 3 is 2.29 bits per heavy atom. The first kappa shape index (κ1) is 16.5. The van der Waals surface area contributed by atoms with Gasteiger partial charge in [0, 0.05) is 26.2 Å². The van der Waals surface area contributed by atoms with E-state index in [9.17, 15) is 9.59 Å². The first-order chi connectivity index (χ1) is 11.7. The number of hydrogen-bond donors (Lipinski definition) is 0. The molecule has 3 rings (SSSR count). The number of rotatable bonds is 3. The van der Waals surface area contributed by atoms with E-state index < -0.39 is 5.41 Å². The summed E-state index contributed by atoms with van der Waals surface area (Å²) in [6.45, 7) is 6.21. The van der Waals surface area contributed by atoms with Gasteiger partial charge >= 0.3 is 0 Å². The predicted molar refractivity (Wildman–Crippen MR) is 94.5 cm³/mol. The smallest absolute Gasteiger partial charge is 0.245 e. The third-order valence-corrected chi connectivity index (χ3v) is 5.18. The highest BCUT2D eigenvalue weighted by Gasteiger charge is 2.45. The van der Waals surface area contributed by atoms with E-state index in [1.165, 1.54) is 6.08 Å². The van der Waals surface area contributed by atoms with E-state index in [1.54, 1.807) is 4.90 Å². The number of likely N-dealkylation sites (tertiary alicyclic amines) is 1. The summed E-state index contributed by atoms with van der Waals surface area (Å²) in [6.07, 6.45) is 7.79. The zero-order valence-corrected chi connectivity index (χ0v) is 14.0. The van der Waals surface area contributed by atoms with Crippen LogP contribution in [-0.2, 0) is 15.0 Å². The molecular formula is C20H24N2O2. The highest BCUT2D eigenvalue weighted by atomic mass is 16.2. The number of nitrogens with zero attached hydrogens (tertiary/aromatic N) is 2. The predicted octanol–water partition coefficient (Wildman–Crippen LogP) is 2.52. The van der Waals surface area contributed by atoms with Crippen LogP contribution in [0.5, 0.6) is 0 Å². The van der Waals surface area contributed by atoms with Crippen molar-refractivity contribution in [3.8, 4) is 0 Å². The van der Waals surface area contributed by atoms with Gasteiger partial charge in [0.2, 0.25) is 11.8 Å². The van der Waals surface area contributed by atoms with Crippen LogP contribution in [0.1, 0.15) is 24.8 Å². The molecule has 2 aliphatic rings. The lowest BCUT2D eigenvalue weighted by molar-refractivity contribution is -0.141. The van der Waals surface area contributed by atoms with Crippen molar-refractivity contribution in [1.82, 2.24) is 9.80 Å². The zero-order valence-electron chi connectivity index (χ0n) is 14.0. The lowest BCUT2D eigenvalue weighted by Crippen LogP contribution is -2.54. The molecule has 1 fully saturated rings. The number of benzene rings is 1. The fourth-order valence-corrected chi connectivity index (χ4v) is 3.75. The minimum absolute atomic E-state index is 0.0509. The van der Waals surface area contributed by atoms with Crippen molar-refractivity contribution in [3.63, 3.8) is 0 Å². The number of amides is 2. The van der Waals surface area contributed by atoms with Gasteiger partial charge in [-0.25, -0.2) is 0 Å². The summed E-state index contributed by atoms with van der Waals surface area (Å²) >= 11 is 0. The second kappa shape index (κ2) is 7.04. The van der Waals surface area contributed by atoms with E-state index in [0.717, 1.165) is 18.5 Å². The molecular weight excluding hydrogens is 300 g/mol. The molecule has 2 aliphatic heterocycles. The summed E-state index contributed by atoms with van der Waals surface area (Å²) in [6, 6.07) is 10.0. The first-order valence-corrected chi connectivity index (χ1v) is 8.58. The van der Waals surface area contributed by atoms with Crippen molar-refractivity contribution in [2.75, 3.05) is 26.2 Å². The Morgan fingerprint density at radius 2 is 1.71 bits per heavy atom. The Hall–Kier alpha value is -2.36. The molecule has 0 atom stereocenters. The van der Waals surface area contributed by atoms with Crippen LogP contribution in [0.15, 0.2) is 55.1 Å². The molecule has 0 spiro atoms. The molecule has 0 N–H and O–H groups in total. The number of hydrogen-bond acceptors (Lipinski definition) is 2. The van der Waals surface area contributed by atoms with Crippen molar-refractivity contribution in [1.29, 1.82) is 0 Å². The van der Waals surface area contributed by atoms with Crippen LogP contribution >= 0.6 is 0 Å². The SMILES string of the molecule is C=CC(=O)N1CCC(C(=O)N2CC=CCC2)(c2ccccc2)CC1. The summed E-state index contributed by atoms with van der Waals surface area (Å²) in [5.74, 6) is 0.147.